The first-order valence-corrected chi connectivity index (χ1v) is 6.86. The normalized spacial score (nSPS) is 17.4. The molecule has 0 aliphatic carbocycles. The minimum atomic E-state index is -0.217. The van der Waals surface area contributed by atoms with Crippen molar-refractivity contribution in [3.05, 3.63) is 28.5 Å². The molecule has 1 saturated heterocycles. The first kappa shape index (κ1) is 13.4. The van der Waals surface area contributed by atoms with Crippen LogP contribution in [0.1, 0.15) is 12.8 Å². The molecule has 0 radical (unpaired) electrons. The van der Waals surface area contributed by atoms with Gasteiger partial charge in [-0.3, -0.25) is 4.90 Å². The monoisotopic (exact) mass is 310 g/mol. The van der Waals surface area contributed by atoms with Gasteiger partial charge in [0.1, 0.15) is 5.82 Å². The van der Waals surface area contributed by atoms with Crippen LogP contribution < -0.4 is 5.32 Å². The second-order valence-electron chi connectivity index (χ2n) is 4.52. The van der Waals surface area contributed by atoms with Crippen LogP contribution in [-0.2, 0) is 0 Å². The van der Waals surface area contributed by atoms with Crippen LogP contribution in [-0.4, -0.2) is 30.6 Å². The van der Waals surface area contributed by atoms with Gasteiger partial charge in [0.2, 0.25) is 0 Å². The number of likely N-dealkylation sites (tertiary alicyclic amines) is 1. The molecule has 96 valence electrons. The first-order valence-electron chi connectivity index (χ1n) is 6.06. The Morgan fingerprint density at radius 3 is 2.83 bits per heavy atom. The summed E-state index contributed by atoms with van der Waals surface area (Å²) in [6.07, 6.45) is 7.36. The molecule has 1 heterocycles. The molecule has 0 bridgehead atoms. The van der Waals surface area contributed by atoms with Crippen LogP contribution in [0.25, 0.3) is 0 Å². The Labute approximate surface area is 116 Å². The summed E-state index contributed by atoms with van der Waals surface area (Å²) in [5.74, 6) is 2.45. The molecule has 1 aliphatic rings. The summed E-state index contributed by atoms with van der Waals surface area (Å²) in [6.45, 7) is 2.71. The number of terminal acetylenes is 1. The number of hydrogen-bond acceptors (Lipinski definition) is 2. The second kappa shape index (κ2) is 6.21. The van der Waals surface area contributed by atoms with Crippen LogP contribution >= 0.6 is 15.9 Å². The lowest BCUT2D eigenvalue weighted by Crippen LogP contribution is -2.39. The molecule has 1 aliphatic heterocycles. The van der Waals surface area contributed by atoms with E-state index in [0.29, 0.717) is 6.04 Å². The maximum absolute atomic E-state index is 13.2. The van der Waals surface area contributed by atoms with Crippen LogP contribution in [0.15, 0.2) is 22.7 Å². The summed E-state index contributed by atoms with van der Waals surface area (Å²) in [6, 6.07) is 5.09. The third-order valence-corrected chi connectivity index (χ3v) is 3.88. The van der Waals surface area contributed by atoms with Crippen molar-refractivity contribution in [1.29, 1.82) is 0 Å². The molecule has 1 fully saturated rings. The van der Waals surface area contributed by atoms with Crippen LogP contribution in [0.2, 0.25) is 0 Å². The number of anilines is 1. The van der Waals surface area contributed by atoms with Crippen molar-refractivity contribution in [2.75, 3.05) is 25.0 Å². The molecule has 2 rings (SSSR count). The average Bonchev–Trinajstić information content (AvgIpc) is 2.37. The Kier molecular flexibility index (Phi) is 4.62. The summed E-state index contributed by atoms with van der Waals surface area (Å²) in [7, 11) is 0. The summed E-state index contributed by atoms with van der Waals surface area (Å²) < 4.78 is 14.1. The molecule has 2 nitrogen and oxygen atoms in total. The number of piperidine rings is 1. The Hall–Kier alpha value is -1.05. The van der Waals surface area contributed by atoms with Gasteiger partial charge in [0.25, 0.3) is 0 Å². The Morgan fingerprint density at radius 1 is 1.44 bits per heavy atom. The minimum Gasteiger partial charge on any atom is -0.381 e. The van der Waals surface area contributed by atoms with Gasteiger partial charge in [-0.15, -0.1) is 6.42 Å². The van der Waals surface area contributed by atoms with E-state index in [9.17, 15) is 4.39 Å². The van der Waals surface area contributed by atoms with Crippen molar-refractivity contribution < 1.29 is 4.39 Å². The molecule has 18 heavy (non-hydrogen) atoms. The zero-order chi connectivity index (χ0) is 13.0. The van der Waals surface area contributed by atoms with Gasteiger partial charge in [0.05, 0.1) is 12.2 Å². The van der Waals surface area contributed by atoms with Crippen LogP contribution in [0.5, 0.6) is 0 Å². The number of nitrogens with one attached hydrogen (secondary N) is 1. The highest BCUT2D eigenvalue weighted by Crippen LogP contribution is 2.25. The second-order valence-corrected chi connectivity index (χ2v) is 5.38. The van der Waals surface area contributed by atoms with E-state index in [1.54, 1.807) is 6.07 Å². The molecule has 0 spiro atoms. The summed E-state index contributed by atoms with van der Waals surface area (Å²) in [5, 5.41) is 3.39. The Morgan fingerprint density at radius 2 is 2.17 bits per heavy atom. The molecule has 0 aromatic heterocycles. The highest BCUT2D eigenvalue weighted by molar-refractivity contribution is 9.10. The molecular formula is C14H16BrFN2. The largest absolute Gasteiger partial charge is 0.381 e. The predicted molar refractivity (Wildman–Crippen MR) is 76.0 cm³/mol. The highest BCUT2D eigenvalue weighted by atomic mass is 79.9. The lowest BCUT2D eigenvalue weighted by molar-refractivity contribution is 0.243. The fraction of sp³-hybridized carbons (Fsp3) is 0.429. The van der Waals surface area contributed by atoms with E-state index in [4.69, 9.17) is 6.42 Å². The van der Waals surface area contributed by atoms with E-state index < -0.39 is 0 Å². The van der Waals surface area contributed by atoms with Gasteiger partial charge in [-0.2, -0.15) is 0 Å². The van der Waals surface area contributed by atoms with Crippen molar-refractivity contribution in [2.45, 2.75) is 18.9 Å². The van der Waals surface area contributed by atoms with Crippen molar-refractivity contribution >= 4 is 21.6 Å². The smallest absolute Gasteiger partial charge is 0.125 e. The topological polar surface area (TPSA) is 15.3 Å². The zero-order valence-electron chi connectivity index (χ0n) is 10.1. The molecule has 0 saturated carbocycles. The van der Waals surface area contributed by atoms with Crippen LogP contribution in [0, 0.1) is 18.2 Å². The van der Waals surface area contributed by atoms with Crippen molar-refractivity contribution in [1.82, 2.24) is 4.90 Å². The maximum atomic E-state index is 13.2. The molecule has 4 heteroatoms. The third-order valence-electron chi connectivity index (χ3n) is 3.19. The van der Waals surface area contributed by atoms with Crippen molar-refractivity contribution in [2.24, 2.45) is 0 Å². The summed E-state index contributed by atoms with van der Waals surface area (Å²) >= 11 is 3.43. The Balaban J connectivity index is 1.92. The lowest BCUT2D eigenvalue weighted by Gasteiger charge is -2.31. The van der Waals surface area contributed by atoms with Gasteiger partial charge >= 0.3 is 0 Å². The Bertz CT molecular complexity index is 448. The van der Waals surface area contributed by atoms with Gasteiger partial charge in [-0.05, 0) is 47.0 Å². The molecule has 0 amide bonds. The van der Waals surface area contributed by atoms with E-state index in [1.165, 1.54) is 12.1 Å². The van der Waals surface area contributed by atoms with Gasteiger partial charge in [-0.1, -0.05) is 5.92 Å². The minimum absolute atomic E-state index is 0.217. The van der Waals surface area contributed by atoms with E-state index in [1.807, 2.05) is 0 Å². The van der Waals surface area contributed by atoms with Gasteiger partial charge < -0.3 is 5.32 Å². The van der Waals surface area contributed by atoms with E-state index in [2.05, 4.69) is 32.1 Å². The fourth-order valence-electron chi connectivity index (χ4n) is 2.19. The molecular weight excluding hydrogens is 295 g/mol. The number of halogens is 2. The third kappa shape index (κ3) is 3.47. The van der Waals surface area contributed by atoms with Gasteiger partial charge in [0.15, 0.2) is 0 Å². The number of benzene rings is 1. The van der Waals surface area contributed by atoms with Crippen LogP contribution in [0.3, 0.4) is 0 Å². The molecule has 0 atom stereocenters. The average molecular weight is 311 g/mol. The first-order chi connectivity index (χ1) is 8.69. The maximum Gasteiger partial charge on any atom is 0.125 e. The molecule has 0 unspecified atom stereocenters. The zero-order valence-corrected chi connectivity index (χ0v) is 11.7. The fourth-order valence-corrected chi connectivity index (χ4v) is 2.55. The quantitative estimate of drug-likeness (QED) is 0.863. The standard InChI is InChI=1S/C14H16BrFN2/c1-2-7-18-8-5-12(6-9-18)17-14-10-11(16)3-4-13(14)15/h1,3-4,10,12,17H,5-9H2. The predicted octanol–water partition coefficient (Wildman–Crippen LogP) is 3.10. The number of rotatable bonds is 3. The van der Waals surface area contributed by atoms with Gasteiger partial charge in [0, 0.05) is 23.6 Å². The number of nitrogens with zero attached hydrogens (tertiary/aromatic N) is 1. The van der Waals surface area contributed by atoms with Crippen molar-refractivity contribution in [3.63, 3.8) is 0 Å². The van der Waals surface area contributed by atoms with Crippen molar-refractivity contribution in [3.8, 4) is 12.3 Å². The molecule has 1 N–H and O–H groups in total. The van der Waals surface area contributed by atoms with E-state index in [-0.39, 0.29) is 5.82 Å². The SMILES string of the molecule is C#CCN1CCC(Nc2cc(F)ccc2Br)CC1. The van der Waals surface area contributed by atoms with Crippen LogP contribution in [0.4, 0.5) is 10.1 Å². The molecule has 1 aromatic carbocycles. The lowest BCUT2D eigenvalue weighted by atomic mass is 10.0. The summed E-state index contributed by atoms with van der Waals surface area (Å²) in [4.78, 5) is 2.26. The molecule has 1 aromatic rings. The van der Waals surface area contributed by atoms with E-state index >= 15 is 0 Å². The number of hydrogen-bond donors (Lipinski definition) is 1. The van der Waals surface area contributed by atoms with E-state index in [0.717, 1.165) is 42.6 Å². The highest BCUT2D eigenvalue weighted by Gasteiger charge is 2.18. The van der Waals surface area contributed by atoms with Gasteiger partial charge in [-0.25, -0.2) is 4.39 Å². The summed E-state index contributed by atoms with van der Waals surface area (Å²) in [5.41, 5.74) is 0.824.